The number of benzene rings is 1. The number of aromatic nitrogens is 2. The van der Waals surface area contributed by atoms with Crippen molar-refractivity contribution in [3.63, 3.8) is 0 Å². The van der Waals surface area contributed by atoms with Crippen LogP contribution in [0.1, 0.15) is 29.7 Å². The van der Waals surface area contributed by atoms with E-state index in [1.807, 2.05) is 0 Å². The minimum Gasteiger partial charge on any atom is -0.295 e. The Morgan fingerprint density at radius 3 is 2.56 bits per heavy atom. The third kappa shape index (κ3) is 1.65. The molecule has 1 aromatic heterocycles. The number of hydrogen-bond acceptors (Lipinski definition) is 2. The lowest BCUT2D eigenvalue weighted by Crippen LogP contribution is -2.17. The van der Waals surface area contributed by atoms with Gasteiger partial charge in [0.05, 0.1) is 17.3 Å². The van der Waals surface area contributed by atoms with Crippen molar-refractivity contribution in [2.45, 2.75) is 25.7 Å². The average Bonchev–Trinajstić information content (AvgIpc) is 2.77. The zero-order chi connectivity index (χ0) is 12.5. The summed E-state index contributed by atoms with van der Waals surface area (Å²) in [7, 11) is 0. The Morgan fingerprint density at radius 1 is 1.17 bits per heavy atom. The fourth-order valence-electron chi connectivity index (χ4n) is 2.45. The van der Waals surface area contributed by atoms with Gasteiger partial charge in [-0.2, -0.15) is 5.26 Å². The van der Waals surface area contributed by atoms with Gasteiger partial charge < -0.3 is 0 Å². The molecule has 1 aliphatic rings. The minimum absolute atomic E-state index is 0.0504. The van der Waals surface area contributed by atoms with E-state index >= 15 is 0 Å². The van der Waals surface area contributed by atoms with Crippen LogP contribution >= 0.6 is 0 Å². The van der Waals surface area contributed by atoms with Gasteiger partial charge in [-0.05, 0) is 49.9 Å². The number of fused-ring (bicyclic) bond motifs is 1. The van der Waals surface area contributed by atoms with Crippen LogP contribution in [0.25, 0.3) is 5.69 Å². The van der Waals surface area contributed by atoms with Gasteiger partial charge in [-0.15, -0.1) is 0 Å². The van der Waals surface area contributed by atoms with Gasteiger partial charge in [-0.3, -0.25) is 9.89 Å². The van der Waals surface area contributed by atoms with Crippen LogP contribution in [0.2, 0.25) is 0 Å². The molecule has 1 heterocycles. The normalized spacial score (nSPS) is 13.9. The van der Waals surface area contributed by atoms with Crippen LogP contribution in [0.15, 0.2) is 29.1 Å². The Hall–Kier alpha value is -2.28. The first-order valence-corrected chi connectivity index (χ1v) is 6.13. The number of aromatic amines is 1. The van der Waals surface area contributed by atoms with Crippen LogP contribution in [0.4, 0.5) is 0 Å². The summed E-state index contributed by atoms with van der Waals surface area (Å²) >= 11 is 0. The van der Waals surface area contributed by atoms with Crippen LogP contribution < -0.4 is 5.56 Å². The third-order valence-electron chi connectivity index (χ3n) is 3.43. The summed E-state index contributed by atoms with van der Waals surface area (Å²) in [5.41, 5.74) is 3.42. The molecule has 90 valence electrons. The highest BCUT2D eigenvalue weighted by Gasteiger charge is 2.17. The Bertz CT molecular complexity index is 671. The van der Waals surface area contributed by atoms with Crippen molar-refractivity contribution < 1.29 is 0 Å². The number of aryl methyl sites for hydroxylation is 1. The summed E-state index contributed by atoms with van der Waals surface area (Å²) in [4.78, 5) is 12.2. The van der Waals surface area contributed by atoms with E-state index in [1.165, 1.54) is 0 Å². The summed E-state index contributed by atoms with van der Waals surface area (Å²) in [6.45, 7) is 0. The van der Waals surface area contributed by atoms with Gasteiger partial charge >= 0.3 is 0 Å². The number of nitrogens with one attached hydrogen (secondary N) is 1. The van der Waals surface area contributed by atoms with E-state index in [9.17, 15) is 4.79 Å². The first kappa shape index (κ1) is 10.8. The summed E-state index contributed by atoms with van der Waals surface area (Å²) in [6, 6.07) is 9.11. The van der Waals surface area contributed by atoms with E-state index in [-0.39, 0.29) is 5.56 Å². The maximum absolute atomic E-state index is 12.2. The van der Waals surface area contributed by atoms with E-state index in [1.54, 1.807) is 28.9 Å². The molecule has 0 bridgehead atoms. The van der Waals surface area contributed by atoms with Crippen molar-refractivity contribution in [2.75, 3.05) is 0 Å². The van der Waals surface area contributed by atoms with Crippen LogP contribution in [0.3, 0.4) is 0 Å². The van der Waals surface area contributed by atoms with E-state index in [2.05, 4.69) is 11.2 Å². The average molecular weight is 239 g/mol. The highest BCUT2D eigenvalue weighted by Crippen LogP contribution is 2.17. The molecule has 1 aromatic carbocycles. The van der Waals surface area contributed by atoms with E-state index in [0.717, 1.165) is 42.6 Å². The molecule has 0 amide bonds. The van der Waals surface area contributed by atoms with Crippen LogP contribution in [-0.4, -0.2) is 9.78 Å². The molecular formula is C14H13N3O. The summed E-state index contributed by atoms with van der Waals surface area (Å²) in [6.07, 6.45) is 4.05. The van der Waals surface area contributed by atoms with Crippen molar-refractivity contribution in [3.05, 3.63) is 51.4 Å². The molecule has 1 aliphatic carbocycles. The monoisotopic (exact) mass is 239 g/mol. The standard InChI is InChI=1S/C14H13N3O/c15-9-10-5-7-11(8-6-10)17-14(18)12-3-1-2-4-13(12)16-17/h5-8,16H,1-4H2. The first-order chi connectivity index (χ1) is 8.79. The lowest BCUT2D eigenvalue weighted by Gasteiger charge is -2.07. The molecule has 2 aromatic rings. The number of nitriles is 1. The van der Waals surface area contributed by atoms with Gasteiger partial charge in [0.15, 0.2) is 0 Å². The summed E-state index contributed by atoms with van der Waals surface area (Å²) in [5, 5.41) is 11.9. The van der Waals surface area contributed by atoms with Gasteiger partial charge in [0.25, 0.3) is 5.56 Å². The molecule has 0 saturated carbocycles. The molecule has 1 N–H and O–H groups in total. The smallest absolute Gasteiger partial charge is 0.274 e. The van der Waals surface area contributed by atoms with Gasteiger partial charge in [-0.25, -0.2) is 4.68 Å². The topological polar surface area (TPSA) is 61.6 Å². The largest absolute Gasteiger partial charge is 0.295 e. The number of H-pyrrole nitrogens is 1. The molecule has 0 fully saturated rings. The molecule has 18 heavy (non-hydrogen) atoms. The quantitative estimate of drug-likeness (QED) is 0.826. The van der Waals surface area contributed by atoms with Gasteiger partial charge in [0.1, 0.15) is 0 Å². The second kappa shape index (κ2) is 4.19. The van der Waals surface area contributed by atoms with Crippen LogP contribution in [0.5, 0.6) is 0 Å². The van der Waals surface area contributed by atoms with Gasteiger partial charge in [0, 0.05) is 11.3 Å². The summed E-state index contributed by atoms with van der Waals surface area (Å²) in [5.74, 6) is 0. The molecule has 0 saturated heterocycles. The van der Waals surface area contributed by atoms with Crippen molar-refractivity contribution in [1.82, 2.24) is 9.78 Å². The minimum atomic E-state index is 0.0504. The number of nitrogens with zero attached hydrogens (tertiary/aromatic N) is 2. The Morgan fingerprint density at radius 2 is 1.89 bits per heavy atom. The Balaban J connectivity index is 2.09. The Labute approximate surface area is 104 Å². The fourth-order valence-corrected chi connectivity index (χ4v) is 2.45. The fraction of sp³-hybridized carbons (Fsp3) is 0.286. The SMILES string of the molecule is N#Cc1ccc(-n2[nH]c3c(c2=O)CCCC3)cc1. The molecule has 0 spiro atoms. The van der Waals surface area contributed by atoms with Crippen molar-refractivity contribution in [3.8, 4) is 11.8 Å². The lowest BCUT2D eigenvalue weighted by atomic mass is 9.98. The summed E-state index contributed by atoms with van der Waals surface area (Å²) < 4.78 is 1.58. The molecule has 0 unspecified atom stereocenters. The maximum atomic E-state index is 12.2. The zero-order valence-corrected chi connectivity index (χ0v) is 9.94. The predicted molar refractivity (Wildman–Crippen MR) is 67.7 cm³/mol. The number of rotatable bonds is 1. The predicted octanol–water partition coefficient (Wildman–Crippen LogP) is 1.92. The second-order valence-corrected chi connectivity index (χ2v) is 4.58. The van der Waals surface area contributed by atoms with Crippen LogP contribution in [0, 0.1) is 11.3 Å². The molecular weight excluding hydrogens is 226 g/mol. The highest BCUT2D eigenvalue weighted by molar-refractivity contribution is 5.39. The molecule has 3 rings (SSSR count). The van der Waals surface area contributed by atoms with Crippen LogP contribution in [-0.2, 0) is 12.8 Å². The van der Waals surface area contributed by atoms with E-state index in [4.69, 9.17) is 5.26 Å². The molecule has 0 atom stereocenters. The maximum Gasteiger partial charge on any atom is 0.274 e. The molecule has 0 radical (unpaired) electrons. The van der Waals surface area contributed by atoms with E-state index in [0.29, 0.717) is 5.56 Å². The first-order valence-electron chi connectivity index (χ1n) is 6.13. The molecule has 0 aliphatic heterocycles. The van der Waals surface area contributed by atoms with Crippen molar-refractivity contribution in [2.24, 2.45) is 0 Å². The van der Waals surface area contributed by atoms with Gasteiger partial charge in [0.2, 0.25) is 0 Å². The van der Waals surface area contributed by atoms with Crippen molar-refractivity contribution in [1.29, 1.82) is 5.26 Å². The van der Waals surface area contributed by atoms with Crippen molar-refractivity contribution >= 4 is 0 Å². The highest BCUT2D eigenvalue weighted by atomic mass is 16.1. The second-order valence-electron chi connectivity index (χ2n) is 4.58. The Kier molecular flexibility index (Phi) is 2.52. The zero-order valence-electron chi connectivity index (χ0n) is 9.94. The lowest BCUT2D eigenvalue weighted by molar-refractivity contribution is 0.671. The molecule has 4 heteroatoms. The number of hydrogen-bond donors (Lipinski definition) is 1. The van der Waals surface area contributed by atoms with Gasteiger partial charge in [-0.1, -0.05) is 0 Å². The molecule has 4 nitrogen and oxygen atoms in total. The third-order valence-corrected chi connectivity index (χ3v) is 3.43. The van der Waals surface area contributed by atoms with E-state index < -0.39 is 0 Å².